The van der Waals surface area contributed by atoms with E-state index in [0.29, 0.717) is 13.2 Å². The number of ether oxygens (including phenoxy) is 1. The molecule has 0 bridgehead atoms. The van der Waals surface area contributed by atoms with Crippen molar-refractivity contribution in [2.45, 2.75) is 45.1 Å². The summed E-state index contributed by atoms with van der Waals surface area (Å²) in [4.78, 5) is 2.45. The minimum Gasteiger partial charge on any atom is -0.387 e. The molecule has 1 N–H and O–H groups in total. The number of aliphatic hydroxyl groups is 1. The average Bonchev–Trinajstić information content (AvgIpc) is 2.40. The Morgan fingerprint density at radius 3 is 2.73 bits per heavy atom. The predicted molar refractivity (Wildman–Crippen MR) is 62.0 cm³/mol. The first-order valence-corrected chi connectivity index (χ1v) is 6.22. The molecule has 1 aliphatic heterocycles. The van der Waals surface area contributed by atoms with E-state index in [1.165, 1.54) is 6.42 Å². The van der Waals surface area contributed by atoms with Crippen molar-refractivity contribution < 1.29 is 9.84 Å². The highest BCUT2D eigenvalue weighted by molar-refractivity contribution is 4.83. The lowest BCUT2D eigenvalue weighted by Gasteiger charge is -2.26. The summed E-state index contributed by atoms with van der Waals surface area (Å²) in [7, 11) is 0. The summed E-state index contributed by atoms with van der Waals surface area (Å²) in [5.74, 6) is 0. The first kappa shape index (κ1) is 12.9. The number of likely N-dealkylation sites (tertiary alicyclic amines) is 1. The maximum atomic E-state index is 10.3. The van der Waals surface area contributed by atoms with E-state index in [-0.39, 0.29) is 0 Å². The molecule has 1 fully saturated rings. The Hall–Kier alpha value is -0.120. The van der Waals surface area contributed by atoms with Gasteiger partial charge in [0.05, 0.1) is 12.2 Å². The van der Waals surface area contributed by atoms with Crippen molar-refractivity contribution in [3.63, 3.8) is 0 Å². The third kappa shape index (κ3) is 4.49. The molecule has 3 heteroatoms. The van der Waals surface area contributed by atoms with E-state index in [1.54, 1.807) is 0 Å². The van der Waals surface area contributed by atoms with E-state index in [0.717, 1.165) is 38.9 Å². The molecular formula is C12H25NO2. The monoisotopic (exact) mass is 215 g/mol. The van der Waals surface area contributed by atoms with Gasteiger partial charge in [-0.15, -0.1) is 0 Å². The van der Waals surface area contributed by atoms with Crippen LogP contribution in [-0.2, 0) is 4.74 Å². The third-order valence-corrected chi connectivity index (χ3v) is 3.12. The Labute approximate surface area is 93.4 Å². The van der Waals surface area contributed by atoms with Gasteiger partial charge in [0.15, 0.2) is 0 Å². The van der Waals surface area contributed by atoms with Crippen LogP contribution in [0.3, 0.4) is 0 Å². The second-order valence-corrected chi connectivity index (χ2v) is 4.56. The molecule has 1 rings (SSSR count). The van der Waals surface area contributed by atoms with Crippen LogP contribution in [0.4, 0.5) is 0 Å². The molecule has 0 radical (unpaired) electrons. The molecule has 90 valence electrons. The molecule has 1 saturated heterocycles. The highest BCUT2D eigenvalue weighted by Crippen LogP contribution is 2.22. The summed E-state index contributed by atoms with van der Waals surface area (Å²) in [6.45, 7) is 8.68. The van der Waals surface area contributed by atoms with Gasteiger partial charge in [-0.1, -0.05) is 6.92 Å². The van der Waals surface area contributed by atoms with Gasteiger partial charge in [0.1, 0.15) is 0 Å². The molecule has 1 heterocycles. The molecule has 0 aromatic heterocycles. The number of hydrogen-bond acceptors (Lipinski definition) is 3. The fourth-order valence-corrected chi connectivity index (χ4v) is 2.21. The van der Waals surface area contributed by atoms with Crippen LogP contribution in [0, 0.1) is 0 Å². The van der Waals surface area contributed by atoms with Crippen LogP contribution in [0.25, 0.3) is 0 Å². The quantitative estimate of drug-likeness (QED) is 0.757. The van der Waals surface area contributed by atoms with Crippen LogP contribution in [0.5, 0.6) is 0 Å². The zero-order valence-electron chi connectivity index (χ0n) is 10.2. The smallest absolute Gasteiger partial charge is 0.0892 e. The first-order chi connectivity index (χ1) is 7.20. The molecule has 15 heavy (non-hydrogen) atoms. The largest absolute Gasteiger partial charge is 0.387 e. The molecule has 0 aromatic rings. The van der Waals surface area contributed by atoms with E-state index < -0.39 is 5.60 Å². The van der Waals surface area contributed by atoms with Gasteiger partial charge in [-0.3, -0.25) is 0 Å². The Balaban J connectivity index is 2.36. The molecule has 0 amide bonds. The third-order valence-electron chi connectivity index (χ3n) is 3.12. The summed E-state index contributed by atoms with van der Waals surface area (Å²) < 4.78 is 5.36. The van der Waals surface area contributed by atoms with Crippen molar-refractivity contribution >= 4 is 0 Å². The van der Waals surface area contributed by atoms with Gasteiger partial charge in [-0.05, 0) is 45.7 Å². The lowest BCUT2D eigenvalue weighted by atomic mass is 9.96. The van der Waals surface area contributed by atoms with Crippen molar-refractivity contribution in [1.82, 2.24) is 4.90 Å². The molecule has 0 saturated carbocycles. The van der Waals surface area contributed by atoms with Gasteiger partial charge >= 0.3 is 0 Å². The molecule has 1 unspecified atom stereocenters. The minimum atomic E-state index is -0.571. The second-order valence-electron chi connectivity index (χ2n) is 4.56. The SMILES string of the molecule is CCCN1CCCC(O)(COCC)CC1. The molecule has 3 nitrogen and oxygen atoms in total. The van der Waals surface area contributed by atoms with E-state index in [9.17, 15) is 5.11 Å². The molecule has 1 atom stereocenters. The molecule has 1 aliphatic rings. The maximum absolute atomic E-state index is 10.3. The van der Waals surface area contributed by atoms with Crippen molar-refractivity contribution in [3.8, 4) is 0 Å². The first-order valence-electron chi connectivity index (χ1n) is 6.22. The fourth-order valence-electron chi connectivity index (χ4n) is 2.21. The fraction of sp³-hybridized carbons (Fsp3) is 1.00. The van der Waals surface area contributed by atoms with E-state index in [1.807, 2.05) is 6.92 Å². The summed E-state index contributed by atoms with van der Waals surface area (Å²) in [6, 6.07) is 0. The standard InChI is InChI=1S/C12H25NO2/c1-3-8-13-9-5-6-12(14,7-10-13)11-15-4-2/h14H,3-11H2,1-2H3. The van der Waals surface area contributed by atoms with Crippen LogP contribution in [0.1, 0.15) is 39.5 Å². The topological polar surface area (TPSA) is 32.7 Å². The number of hydrogen-bond donors (Lipinski definition) is 1. The van der Waals surface area contributed by atoms with Gasteiger partial charge in [0.2, 0.25) is 0 Å². The highest BCUT2D eigenvalue weighted by atomic mass is 16.5. The predicted octanol–water partition coefficient (Wildman–Crippen LogP) is 1.65. The van der Waals surface area contributed by atoms with E-state index in [4.69, 9.17) is 4.74 Å². The summed E-state index contributed by atoms with van der Waals surface area (Å²) >= 11 is 0. The van der Waals surface area contributed by atoms with Crippen LogP contribution in [0.2, 0.25) is 0 Å². The van der Waals surface area contributed by atoms with Crippen LogP contribution in [-0.4, -0.2) is 48.5 Å². The molecule has 0 aromatic carbocycles. The van der Waals surface area contributed by atoms with Crippen molar-refractivity contribution in [2.24, 2.45) is 0 Å². The summed E-state index contributed by atoms with van der Waals surface area (Å²) in [6.07, 6.45) is 4.02. The maximum Gasteiger partial charge on any atom is 0.0892 e. The average molecular weight is 215 g/mol. The Kier molecular flexibility index (Phi) is 5.58. The van der Waals surface area contributed by atoms with Crippen molar-refractivity contribution in [3.05, 3.63) is 0 Å². The molecule has 0 aliphatic carbocycles. The van der Waals surface area contributed by atoms with Gasteiger partial charge in [-0.2, -0.15) is 0 Å². The van der Waals surface area contributed by atoms with Crippen molar-refractivity contribution in [1.29, 1.82) is 0 Å². The Morgan fingerprint density at radius 2 is 2.07 bits per heavy atom. The normalized spacial score (nSPS) is 29.0. The Bertz CT molecular complexity index is 175. The molecular weight excluding hydrogens is 190 g/mol. The van der Waals surface area contributed by atoms with Gasteiger partial charge < -0.3 is 14.7 Å². The van der Waals surface area contributed by atoms with E-state index in [2.05, 4.69) is 11.8 Å². The lowest BCUT2D eigenvalue weighted by Crippen LogP contribution is -2.36. The number of nitrogens with zero attached hydrogens (tertiary/aromatic N) is 1. The van der Waals surface area contributed by atoms with Crippen LogP contribution >= 0.6 is 0 Å². The Morgan fingerprint density at radius 1 is 1.27 bits per heavy atom. The van der Waals surface area contributed by atoms with Gasteiger partial charge in [-0.25, -0.2) is 0 Å². The van der Waals surface area contributed by atoms with E-state index >= 15 is 0 Å². The summed E-state index contributed by atoms with van der Waals surface area (Å²) in [5.41, 5.74) is -0.571. The molecule has 0 spiro atoms. The minimum absolute atomic E-state index is 0.503. The highest BCUT2D eigenvalue weighted by Gasteiger charge is 2.29. The van der Waals surface area contributed by atoms with Gasteiger partial charge in [0.25, 0.3) is 0 Å². The second kappa shape index (κ2) is 6.46. The zero-order chi connectivity index (χ0) is 11.1. The summed E-state index contributed by atoms with van der Waals surface area (Å²) in [5, 5.41) is 10.3. The lowest BCUT2D eigenvalue weighted by molar-refractivity contribution is -0.0521. The number of rotatable bonds is 5. The zero-order valence-corrected chi connectivity index (χ0v) is 10.2. The van der Waals surface area contributed by atoms with Crippen LogP contribution in [0.15, 0.2) is 0 Å². The van der Waals surface area contributed by atoms with Crippen LogP contribution < -0.4 is 0 Å². The van der Waals surface area contributed by atoms with Crippen molar-refractivity contribution in [2.75, 3.05) is 32.8 Å². The van der Waals surface area contributed by atoms with Gasteiger partial charge in [0, 0.05) is 13.2 Å².